The van der Waals surface area contributed by atoms with Crippen molar-refractivity contribution < 1.29 is 0 Å². The Morgan fingerprint density at radius 1 is 1.27 bits per heavy atom. The maximum atomic E-state index is 5.76. The third-order valence-electron chi connectivity index (χ3n) is 2.15. The second-order valence-electron chi connectivity index (χ2n) is 3.26. The van der Waals surface area contributed by atoms with Crippen LogP contribution in [0.2, 0.25) is 0 Å². The Morgan fingerprint density at radius 2 is 1.73 bits per heavy atom. The largest absolute Gasteiger partial charge is 0.329 e. The molecule has 2 heteroatoms. The van der Waals surface area contributed by atoms with Crippen molar-refractivity contribution in [1.29, 1.82) is 0 Å². The SMILES string of the molecule is CCC(CC)(CN)SC(C)C. The van der Waals surface area contributed by atoms with E-state index in [4.69, 9.17) is 5.73 Å². The van der Waals surface area contributed by atoms with Gasteiger partial charge in [-0.15, -0.1) is 0 Å². The van der Waals surface area contributed by atoms with E-state index in [1.807, 2.05) is 11.8 Å². The van der Waals surface area contributed by atoms with Gasteiger partial charge < -0.3 is 5.73 Å². The van der Waals surface area contributed by atoms with Gasteiger partial charge in [0.05, 0.1) is 0 Å². The first kappa shape index (κ1) is 11.3. The summed E-state index contributed by atoms with van der Waals surface area (Å²) in [6.45, 7) is 9.74. The summed E-state index contributed by atoms with van der Waals surface area (Å²) in [5.74, 6) is 0. The zero-order valence-corrected chi connectivity index (χ0v) is 9.00. The Kier molecular flexibility index (Phi) is 5.19. The van der Waals surface area contributed by atoms with Gasteiger partial charge in [-0.25, -0.2) is 0 Å². The van der Waals surface area contributed by atoms with Gasteiger partial charge in [-0.2, -0.15) is 11.8 Å². The molecule has 0 heterocycles. The van der Waals surface area contributed by atoms with Crippen LogP contribution >= 0.6 is 11.8 Å². The zero-order chi connectivity index (χ0) is 8.91. The van der Waals surface area contributed by atoms with Crippen LogP contribution in [-0.2, 0) is 0 Å². The lowest BCUT2D eigenvalue weighted by Gasteiger charge is -2.31. The predicted molar refractivity (Wildman–Crippen MR) is 55.1 cm³/mol. The van der Waals surface area contributed by atoms with E-state index in [1.54, 1.807) is 0 Å². The molecule has 0 saturated heterocycles. The molecule has 0 aromatic heterocycles. The number of rotatable bonds is 5. The number of hydrogen-bond acceptors (Lipinski definition) is 2. The Hall–Kier alpha value is 0.310. The second-order valence-corrected chi connectivity index (χ2v) is 5.31. The standard InChI is InChI=1S/C9H21NS/c1-5-9(6-2,7-10)11-8(3)4/h8H,5-7,10H2,1-4H3. The quantitative estimate of drug-likeness (QED) is 0.695. The van der Waals surface area contributed by atoms with Gasteiger partial charge in [0.25, 0.3) is 0 Å². The van der Waals surface area contributed by atoms with Gasteiger partial charge in [0, 0.05) is 11.3 Å². The van der Waals surface area contributed by atoms with Crippen LogP contribution in [0.3, 0.4) is 0 Å². The molecular formula is C9H21NS. The van der Waals surface area contributed by atoms with E-state index < -0.39 is 0 Å². The van der Waals surface area contributed by atoms with Crippen LogP contribution in [0.25, 0.3) is 0 Å². The topological polar surface area (TPSA) is 26.0 Å². The molecule has 0 atom stereocenters. The van der Waals surface area contributed by atoms with Gasteiger partial charge in [-0.1, -0.05) is 27.7 Å². The summed E-state index contributed by atoms with van der Waals surface area (Å²) in [6, 6.07) is 0. The molecule has 2 N–H and O–H groups in total. The first-order chi connectivity index (χ1) is 5.10. The lowest BCUT2D eigenvalue weighted by molar-refractivity contribution is 0.556. The first-order valence-corrected chi connectivity index (χ1v) is 5.36. The molecule has 0 fully saturated rings. The molecular weight excluding hydrogens is 154 g/mol. The average molecular weight is 175 g/mol. The van der Waals surface area contributed by atoms with Gasteiger partial charge in [0.1, 0.15) is 0 Å². The number of nitrogens with two attached hydrogens (primary N) is 1. The molecule has 11 heavy (non-hydrogen) atoms. The van der Waals surface area contributed by atoms with E-state index in [1.165, 1.54) is 12.8 Å². The van der Waals surface area contributed by atoms with Crippen molar-refractivity contribution in [2.45, 2.75) is 50.5 Å². The van der Waals surface area contributed by atoms with Crippen molar-refractivity contribution in [2.24, 2.45) is 5.73 Å². The maximum absolute atomic E-state index is 5.76. The van der Waals surface area contributed by atoms with E-state index >= 15 is 0 Å². The van der Waals surface area contributed by atoms with Gasteiger partial charge >= 0.3 is 0 Å². The molecule has 0 amide bonds. The predicted octanol–water partition coefficient (Wildman–Crippen LogP) is 2.65. The third kappa shape index (κ3) is 3.48. The Morgan fingerprint density at radius 3 is 1.82 bits per heavy atom. The smallest absolute Gasteiger partial charge is 0.0279 e. The van der Waals surface area contributed by atoms with Crippen molar-refractivity contribution in [2.75, 3.05) is 6.54 Å². The molecule has 0 aromatic carbocycles. The molecule has 0 aromatic rings. The van der Waals surface area contributed by atoms with Crippen LogP contribution < -0.4 is 5.73 Å². The van der Waals surface area contributed by atoms with Crippen LogP contribution in [0.15, 0.2) is 0 Å². The van der Waals surface area contributed by atoms with Gasteiger partial charge in [-0.05, 0) is 18.1 Å². The molecule has 0 unspecified atom stereocenters. The Labute approximate surface area is 75.1 Å². The Bertz CT molecular complexity index is 89.5. The summed E-state index contributed by atoms with van der Waals surface area (Å²) in [4.78, 5) is 0. The van der Waals surface area contributed by atoms with E-state index in [0.717, 1.165) is 6.54 Å². The van der Waals surface area contributed by atoms with E-state index in [2.05, 4.69) is 27.7 Å². The van der Waals surface area contributed by atoms with Crippen molar-refractivity contribution in [3.05, 3.63) is 0 Å². The van der Waals surface area contributed by atoms with E-state index in [9.17, 15) is 0 Å². The molecule has 0 aliphatic rings. The maximum Gasteiger partial charge on any atom is 0.0279 e. The Balaban J connectivity index is 4.05. The molecule has 0 radical (unpaired) electrons. The van der Waals surface area contributed by atoms with Gasteiger partial charge in [-0.3, -0.25) is 0 Å². The van der Waals surface area contributed by atoms with Crippen LogP contribution in [0, 0.1) is 0 Å². The minimum atomic E-state index is 0.341. The van der Waals surface area contributed by atoms with Crippen LogP contribution in [-0.4, -0.2) is 16.5 Å². The van der Waals surface area contributed by atoms with Crippen molar-refractivity contribution in [3.8, 4) is 0 Å². The zero-order valence-electron chi connectivity index (χ0n) is 8.18. The molecule has 0 aliphatic carbocycles. The fourth-order valence-electron chi connectivity index (χ4n) is 1.25. The van der Waals surface area contributed by atoms with E-state index in [0.29, 0.717) is 10.00 Å². The summed E-state index contributed by atoms with van der Waals surface area (Å²) in [7, 11) is 0. The van der Waals surface area contributed by atoms with Crippen molar-refractivity contribution in [1.82, 2.24) is 0 Å². The highest BCUT2D eigenvalue weighted by atomic mass is 32.2. The van der Waals surface area contributed by atoms with Crippen molar-refractivity contribution >= 4 is 11.8 Å². The van der Waals surface area contributed by atoms with E-state index in [-0.39, 0.29) is 0 Å². The molecule has 0 bridgehead atoms. The molecule has 0 saturated carbocycles. The highest BCUT2D eigenvalue weighted by Crippen LogP contribution is 2.34. The second kappa shape index (κ2) is 5.04. The first-order valence-electron chi connectivity index (χ1n) is 4.48. The molecule has 0 spiro atoms. The molecule has 68 valence electrons. The minimum Gasteiger partial charge on any atom is -0.329 e. The van der Waals surface area contributed by atoms with Gasteiger partial charge in [0.15, 0.2) is 0 Å². The minimum absolute atomic E-state index is 0.341. The summed E-state index contributed by atoms with van der Waals surface area (Å²) in [5, 5.41) is 0.693. The average Bonchev–Trinajstić information content (AvgIpc) is 2.00. The number of thioether (sulfide) groups is 1. The summed E-state index contributed by atoms with van der Waals surface area (Å²) in [5.41, 5.74) is 5.76. The summed E-state index contributed by atoms with van der Waals surface area (Å²) < 4.78 is 0.341. The lowest BCUT2D eigenvalue weighted by atomic mass is 10.0. The van der Waals surface area contributed by atoms with Crippen LogP contribution in [0.1, 0.15) is 40.5 Å². The normalized spacial score (nSPS) is 12.5. The molecule has 0 aliphatic heterocycles. The van der Waals surface area contributed by atoms with Crippen LogP contribution in [0.5, 0.6) is 0 Å². The highest BCUT2D eigenvalue weighted by Gasteiger charge is 2.25. The fourth-order valence-corrected chi connectivity index (χ4v) is 2.68. The molecule has 0 rings (SSSR count). The fraction of sp³-hybridized carbons (Fsp3) is 1.00. The molecule has 1 nitrogen and oxygen atoms in total. The lowest BCUT2D eigenvalue weighted by Crippen LogP contribution is -2.34. The summed E-state index contributed by atoms with van der Waals surface area (Å²) in [6.07, 6.45) is 2.37. The van der Waals surface area contributed by atoms with Crippen LogP contribution in [0.4, 0.5) is 0 Å². The monoisotopic (exact) mass is 175 g/mol. The highest BCUT2D eigenvalue weighted by molar-refractivity contribution is 8.01. The summed E-state index contributed by atoms with van der Waals surface area (Å²) >= 11 is 2.02. The van der Waals surface area contributed by atoms with Gasteiger partial charge in [0.2, 0.25) is 0 Å². The number of hydrogen-bond donors (Lipinski definition) is 1. The third-order valence-corrected chi connectivity index (χ3v) is 3.86. The van der Waals surface area contributed by atoms with Crippen molar-refractivity contribution in [3.63, 3.8) is 0 Å².